The second-order valence-electron chi connectivity index (χ2n) is 5.43. The number of amides is 2. The predicted molar refractivity (Wildman–Crippen MR) is 80.3 cm³/mol. The van der Waals surface area contributed by atoms with Gasteiger partial charge in [0.15, 0.2) is 6.10 Å². The van der Waals surface area contributed by atoms with Gasteiger partial charge < -0.3 is 15.4 Å². The zero-order valence-electron chi connectivity index (χ0n) is 11.9. The Morgan fingerprint density at radius 2 is 2.24 bits per heavy atom. The Morgan fingerprint density at radius 3 is 3.00 bits per heavy atom. The van der Waals surface area contributed by atoms with Crippen LogP contribution in [0.2, 0.25) is 0 Å². The van der Waals surface area contributed by atoms with Crippen molar-refractivity contribution in [3.05, 3.63) is 30.4 Å². The highest BCUT2D eigenvalue weighted by Gasteiger charge is 2.24. The van der Waals surface area contributed by atoms with Gasteiger partial charge in [-0.1, -0.05) is 12.2 Å². The minimum atomic E-state index is -0.494. The molecule has 1 aliphatic carbocycles. The molecule has 0 radical (unpaired) electrons. The number of rotatable bonds is 2. The third-order valence-electron chi connectivity index (χ3n) is 3.82. The zero-order valence-corrected chi connectivity index (χ0v) is 11.9. The van der Waals surface area contributed by atoms with Gasteiger partial charge in [-0.25, -0.2) is 0 Å². The smallest absolute Gasteiger partial charge is 0.265 e. The van der Waals surface area contributed by atoms with Crippen LogP contribution in [0.5, 0.6) is 5.75 Å². The summed E-state index contributed by atoms with van der Waals surface area (Å²) in [7, 11) is 0. The number of fused-ring (bicyclic) bond motifs is 1. The molecule has 1 aromatic carbocycles. The molecule has 3 rings (SSSR count). The van der Waals surface area contributed by atoms with Crippen LogP contribution in [0.1, 0.15) is 26.2 Å². The van der Waals surface area contributed by atoms with Gasteiger partial charge in [-0.15, -0.1) is 0 Å². The minimum absolute atomic E-state index is 0.0238. The molecular weight excluding hydrogens is 268 g/mol. The van der Waals surface area contributed by atoms with E-state index in [2.05, 4.69) is 22.8 Å². The lowest BCUT2D eigenvalue weighted by Crippen LogP contribution is -2.34. The minimum Gasteiger partial charge on any atom is -0.479 e. The van der Waals surface area contributed by atoms with Crippen LogP contribution in [0.4, 0.5) is 11.4 Å². The van der Waals surface area contributed by atoms with Gasteiger partial charge in [-0.2, -0.15) is 0 Å². The SMILES string of the molecule is C[C@@H]1Oc2ccc(NC(=O)[C@H]3CC=CCC3)cc2NC1=O. The van der Waals surface area contributed by atoms with Crippen molar-refractivity contribution in [1.29, 1.82) is 0 Å². The van der Waals surface area contributed by atoms with Gasteiger partial charge in [0, 0.05) is 11.6 Å². The average Bonchev–Trinajstić information content (AvgIpc) is 2.49. The molecule has 5 heteroatoms. The molecule has 0 saturated carbocycles. The van der Waals surface area contributed by atoms with Crippen LogP contribution < -0.4 is 15.4 Å². The number of hydrogen-bond acceptors (Lipinski definition) is 3. The molecule has 21 heavy (non-hydrogen) atoms. The van der Waals surface area contributed by atoms with Crippen LogP contribution in [0.25, 0.3) is 0 Å². The van der Waals surface area contributed by atoms with Gasteiger partial charge in [0.2, 0.25) is 5.91 Å². The lowest BCUT2D eigenvalue weighted by atomic mass is 9.93. The fraction of sp³-hybridized carbons (Fsp3) is 0.375. The molecule has 2 N–H and O–H groups in total. The summed E-state index contributed by atoms with van der Waals surface area (Å²) < 4.78 is 5.49. The lowest BCUT2D eigenvalue weighted by molar-refractivity contribution is -0.122. The van der Waals surface area contributed by atoms with Gasteiger partial charge in [0.1, 0.15) is 5.75 Å². The van der Waals surface area contributed by atoms with Crippen molar-refractivity contribution < 1.29 is 14.3 Å². The molecule has 2 atom stereocenters. The molecule has 5 nitrogen and oxygen atoms in total. The first-order chi connectivity index (χ1) is 10.1. The number of anilines is 2. The topological polar surface area (TPSA) is 67.4 Å². The van der Waals surface area contributed by atoms with Crippen LogP contribution in [-0.4, -0.2) is 17.9 Å². The summed E-state index contributed by atoms with van der Waals surface area (Å²) in [6.07, 6.45) is 6.28. The Bertz CT molecular complexity index is 610. The van der Waals surface area contributed by atoms with Gasteiger partial charge in [0.05, 0.1) is 5.69 Å². The van der Waals surface area contributed by atoms with Crippen LogP contribution in [-0.2, 0) is 9.59 Å². The second kappa shape index (κ2) is 5.60. The molecule has 1 heterocycles. The first kappa shape index (κ1) is 13.7. The van der Waals surface area contributed by atoms with E-state index >= 15 is 0 Å². The molecule has 2 amide bonds. The molecule has 0 fully saturated rings. The Balaban J connectivity index is 1.72. The van der Waals surface area contributed by atoms with Crippen LogP contribution >= 0.6 is 0 Å². The standard InChI is InChI=1S/C16H18N2O3/c1-10-15(19)18-13-9-12(7-8-14(13)21-10)17-16(20)11-5-3-2-4-6-11/h2-3,7-11H,4-6H2,1H3,(H,17,20)(H,18,19)/t10-,11-/m0/s1. The summed E-state index contributed by atoms with van der Waals surface area (Å²) >= 11 is 0. The Kier molecular flexibility index (Phi) is 3.64. The summed E-state index contributed by atoms with van der Waals surface area (Å²) in [5.41, 5.74) is 1.27. The first-order valence-corrected chi connectivity index (χ1v) is 7.21. The number of nitrogens with one attached hydrogen (secondary N) is 2. The van der Waals surface area contributed by atoms with Crippen molar-refractivity contribution in [2.75, 3.05) is 10.6 Å². The second-order valence-corrected chi connectivity index (χ2v) is 5.43. The molecule has 0 unspecified atom stereocenters. The number of allylic oxidation sites excluding steroid dienone is 2. The van der Waals surface area contributed by atoms with E-state index < -0.39 is 6.10 Å². The molecule has 1 aliphatic heterocycles. The van der Waals surface area contributed by atoms with Gasteiger partial charge >= 0.3 is 0 Å². The fourth-order valence-electron chi connectivity index (χ4n) is 2.56. The largest absolute Gasteiger partial charge is 0.479 e. The molecule has 1 aromatic rings. The monoisotopic (exact) mass is 286 g/mol. The third-order valence-corrected chi connectivity index (χ3v) is 3.82. The molecule has 2 aliphatic rings. The van der Waals surface area contributed by atoms with E-state index in [0.29, 0.717) is 17.1 Å². The van der Waals surface area contributed by atoms with Crippen LogP contribution in [0.15, 0.2) is 30.4 Å². The highest BCUT2D eigenvalue weighted by molar-refractivity contribution is 5.99. The van der Waals surface area contributed by atoms with Crippen molar-refractivity contribution >= 4 is 23.2 Å². The molecule has 0 bridgehead atoms. The van der Waals surface area contributed by atoms with E-state index in [4.69, 9.17) is 4.74 Å². The van der Waals surface area contributed by atoms with E-state index in [9.17, 15) is 9.59 Å². The van der Waals surface area contributed by atoms with Crippen molar-refractivity contribution in [1.82, 2.24) is 0 Å². The highest BCUT2D eigenvalue weighted by atomic mass is 16.5. The predicted octanol–water partition coefficient (Wildman–Crippen LogP) is 2.70. The zero-order chi connectivity index (χ0) is 14.8. The quantitative estimate of drug-likeness (QED) is 0.821. The summed E-state index contributed by atoms with van der Waals surface area (Å²) in [5, 5.41) is 5.68. The maximum absolute atomic E-state index is 12.2. The first-order valence-electron chi connectivity index (χ1n) is 7.21. The maximum Gasteiger partial charge on any atom is 0.265 e. The van der Waals surface area contributed by atoms with Crippen LogP contribution in [0, 0.1) is 5.92 Å². The molecule has 110 valence electrons. The van der Waals surface area contributed by atoms with Crippen molar-refractivity contribution in [2.45, 2.75) is 32.3 Å². The van der Waals surface area contributed by atoms with E-state index in [1.165, 1.54) is 0 Å². The van der Waals surface area contributed by atoms with Gasteiger partial charge in [0.25, 0.3) is 5.91 Å². The van der Waals surface area contributed by atoms with E-state index in [0.717, 1.165) is 19.3 Å². The van der Waals surface area contributed by atoms with E-state index in [1.54, 1.807) is 25.1 Å². The van der Waals surface area contributed by atoms with E-state index in [1.807, 2.05) is 0 Å². The Hall–Kier alpha value is -2.30. The van der Waals surface area contributed by atoms with Gasteiger partial charge in [-0.05, 0) is 44.4 Å². The van der Waals surface area contributed by atoms with E-state index in [-0.39, 0.29) is 17.7 Å². The normalized spacial score (nSPS) is 23.8. The van der Waals surface area contributed by atoms with Crippen LogP contribution in [0.3, 0.4) is 0 Å². The van der Waals surface area contributed by atoms with Gasteiger partial charge in [-0.3, -0.25) is 9.59 Å². The Labute approximate surface area is 123 Å². The summed E-state index contributed by atoms with van der Waals surface area (Å²) in [6.45, 7) is 1.70. The molecule has 0 aromatic heterocycles. The fourth-order valence-corrected chi connectivity index (χ4v) is 2.56. The third kappa shape index (κ3) is 2.91. The van der Waals surface area contributed by atoms with Crippen molar-refractivity contribution in [3.63, 3.8) is 0 Å². The molecule has 0 saturated heterocycles. The maximum atomic E-state index is 12.2. The Morgan fingerprint density at radius 1 is 1.38 bits per heavy atom. The summed E-state index contributed by atoms with van der Waals surface area (Å²) in [6, 6.07) is 5.29. The summed E-state index contributed by atoms with van der Waals surface area (Å²) in [4.78, 5) is 23.8. The van der Waals surface area contributed by atoms with Crippen molar-refractivity contribution in [3.8, 4) is 5.75 Å². The number of hydrogen-bond donors (Lipinski definition) is 2. The lowest BCUT2D eigenvalue weighted by Gasteiger charge is -2.24. The summed E-state index contributed by atoms with van der Waals surface area (Å²) in [5.74, 6) is 0.497. The van der Waals surface area contributed by atoms with Crippen molar-refractivity contribution in [2.24, 2.45) is 5.92 Å². The number of carbonyl (C=O) groups excluding carboxylic acids is 2. The average molecular weight is 286 g/mol. The molecule has 0 spiro atoms. The number of carbonyl (C=O) groups is 2. The number of benzene rings is 1. The highest BCUT2D eigenvalue weighted by Crippen LogP contribution is 2.32. The number of ether oxygens (including phenoxy) is 1. The molecular formula is C16H18N2O3.